The maximum absolute atomic E-state index is 13.4. The van der Waals surface area contributed by atoms with E-state index in [1.807, 2.05) is 32.0 Å². The van der Waals surface area contributed by atoms with Crippen molar-refractivity contribution in [2.75, 3.05) is 13.1 Å². The summed E-state index contributed by atoms with van der Waals surface area (Å²) in [4.78, 5) is 23.7. The molecule has 0 bridgehead atoms. The second kappa shape index (κ2) is 8.73. The van der Waals surface area contributed by atoms with Crippen LogP contribution in [0.2, 0.25) is 0 Å². The summed E-state index contributed by atoms with van der Waals surface area (Å²) in [6, 6.07) is 13.0. The monoisotopic (exact) mass is 439 g/mol. The van der Waals surface area contributed by atoms with Crippen LogP contribution < -0.4 is 0 Å². The fourth-order valence-electron chi connectivity index (χ4n) is 4.31. The van der Waals surface area contributed by atoms with Gasteiger partial charge in [0.05, 0.1) is 16.8 Å². The van der Waals surface area contributed by atoms with E-state index >= 15 is 0 Å². The molecule has 1 fully saturated rings. The lowest BCUT2D eigenvalue weighted by Gasteiger charge is -2.34. The average Bonchev–Trinajstić information content (AvgIpc) is 2.78. The number of hydrogen-bond donors (Lipinski definition) is 0. The van der Waals surface area contributed by atoms with E-state index < -0.39 is 17.6 Å². The van der Waals surface area contributed by atoms with Crippen LogP contribution in [0.1, 0.15) is 51.8 Å². The molecule has 166 valence electrons. The van der Waals surface area contributed by atoms with E-state index in [-0.39, 0.29) is 11.5 Å². The second-order valence-electron chi connectivity index (χ2n) is 8.22. The Balaban J connectivity index is 1.66. The zero-order valence-electron chi connectivity index (χ0n) is 18.0. The van der Waals surface area contributed by atoms with Crippen molar-refractivity contribution in [3.8, 4) is 11.1 Å². The van der Waals surface area contributed by atoms with Crippen molar-refractivity contribution >= 4 is 5.91 Å². The Labute approximate surface area is 185 Å². The first-order valence-electron chi connectivity index (χ1n) is 10.6. The van der Waals surface area contributed by atoms with Gasteiger partial charge in [-0.05, 0) is 44.4 Å². The summed E-state index contributed by atoms with van der Waals surface area (Å²) in [5, 5.41) is 0. The number of likely N-dealkylation sites (tertiary alicyclic amines) is 1. The van der Waals surface area contributed by atoms with Crippen LogP contribution in [0, 0.1) is 13.8 Å². The molecule has 0 aliphatic carbocycles. The Bertz CT molecular complexity index is 1140. The molecule has 1 atom stereocenters. The van der Waals surface area contributed by atoms with Gasteiger partial charge in [0, 0.05) is 30.8 Å². The number of halogens is 3. The van der Waals surface area contributed by atoms with Gasteiger partial charge in [-0.2, -0.15) is 13.2 Å². The van der Waals surface area contributed by atoms with Crippen LogP contribution in [0.3, 0.4) is 0 Å². The molecule has 1 amide bonds. The summed E-state index contributed by atoms with van der Waals surface area (Å²) in [6.45, 7) is 4.57. The number of amides is 1. The van der Waals surface area contributed by atoms with Crippen molar-refractivity contribution in [2.45, 2.75) is 38.8 Å². The fraction of sp³-hybridized carbons (Fsp3) is 0.320. The molecule has 0 spiro atoms. The smallest absolute Gasteiger partial charge is 0.338 e. The van der Waals surface area contributed by atoms with Gasteiger partial charge >= 0.3 is 6.18 Å². The summed E-state index contributed by atoms with van der Waals surface area (Å²) >= 11 is 0. The third-order valence-corrected chi connectivity index (χ3v) is 5.83. The summed E-state index contributed by atoms with van der Waals surface area (Å²) in [5.74, 6) is -0.0456. The first-order chi connectivity index (χ1) is 15.2. The normalized spacial score (nSPS) is 16.8. The van der Waals surface area contributed by atoms with E-state index in [2.05, 4.69) is 11.1 Å². The average molecular weight is 439 g/mol. The number of benzene rings is 2. The van der Waals surface area contributed by atoms with Crippen molar-refractivity contribution < 1.29 is 18.0 Å². The molecule has 7 heteroatoms. The van der Waals surface area contributed by atoms with Crippen LogP contribution in [0.25, 0.3) is 11.1 Å². The zero-order chi connectivity index (χ0) is 22.9. The van der Waals surface area contributed by atoms with Crippen LogP contribution in [0.15, 0.2) is 54.7 Å². The van der Waals surface area contributed by atoms with Gasteiger partial charge in [0.15, 0.2) is 0 Å². The van der Waals surface area contributed by atoms with Crippen LogP contribution in [-0.2, 0) is 6.18 Å². The molecule has 0 saturated carbocycles. The third kappa shape index (κ3) is 4.52. The molecule has 0 unspecified atom stereocenters. The van der Waals surface area contributed by atoms with Crippen LogP contribution in [0.4, 0.5) is 13.2 Å². The van der Waals surface area contributed by atoms with Crippen LogP contribution in [0.5, 0.6) is 0 Å². The molecule has 1 aromatic heterocycles. The third-order valence-electron chi connectivity index (χ3n) is 5.83. The summed E-state index contributed by atoms with van der Waals surface area (Å²) in [6.07, 6.45) is -1.28. The maximum atomic E-state index is 13.4. The summed E-state index contributed by atoms with van der Waals surface area (Å²) in [5.41, 5.74) is 2.63. The predicted octanol–water partition coefficient (Wildman–Crippen LogP) is 5.80. The molecule has 1 saturated heterocycles. The molecule has 3 aromatic rings. The van der Waals surface area contributed by atoms with Gasteiger partial charge in [0.25, 0.3) is 5.91 Å². The quantitative estimate of drug-likeness (QED) is 0.518. The summed E-state index contributed by atoms with van der Waals surface area (Å²) < 4.78 is 40.3. The lowest BCUT2D eigenvalue weighted by Crippen LogP contribution is -2.40. The molecular formula is C25H24F3N3O. The molecular weight excluding hydrogens is 415 g/mol. The van der Waals surface area contributed by atoms with E-state index in [4.69, 9.17) is 4.98 Å². The van der Waals surface area contributed by atoms with Gasteiger partial charge in [-0.1, -0.05) is 42.0 Å². The number of piperidine rings is 1. The Hall–Kier alpha value is -3.22. The van der Waals surface area contributed by atoms with E-state index in [1.54, 1.807) is 6.20 Å². The Morgan fingerprint density at radius 1 is 1.09 bits per heavy atom. The molecule has 0 N–H and O–H groups in total. The highest BCUT2D eigenvalue weighted by atomic mass is 19.4. The molecule has 0 radical (unpaired) electrons. The van der Waals surface area contributed by atoms with Crippen molar-refractivity contribution in [1.82, 2.24) is 14.9 Å². The lowest BCUT2D eigenvalue weighted by molar-refractivity contribution is -0.138. The van der Waals surface area contributed by atoms with Crippen molar-refractivity contribution in [3.05, 3.63) is 82.9 Å². The number of aromatic nitrogens is 2. The SMILES string of the molecule is Cc1cccc(-c2cnc(C)nc2[C@@H]2CCCN(C(=O)c3ccccc3C(F)(F)F)C2)c1. The Kier molecular flexibility index (Phi) is 6.00. The van der Waals surface area contributed by atoms with E-state index in [1.165, 1.54) is 23.1 Å². The minimum atomic E-state index is -4.58. The number of nitrogens with zero attached hydrogens (tertiary/aromatic N) is 3. The number of carbonyl (C=O) groups excluding carboxylic acids is 1. The van der Waals surface area contributed by atoms with Crippen molar-refractivity contribution in [1.29, 1.82) is 0 Å². The van der Waals surface area contributed by atoms with Crippen molar-refractivity contribution in [3.63, 3.8) is 0 Å². The number of alkyl halides is 3. The standard InChI is InChI=1S/C25H24F3N3O/c1-16-7-5-8-18(13-16)21-14-29-17(2)30-23(21)19-9-6-12-31(15-19)24(32)20-10-3-4-11-22(20)25(26,27)28/h3-5,7-8,10-11,13-14,19H,6,9,12,15H2,1-2H3/t19-/m1/s1. The molecule has 4 rings (SSSR count). The van der Waals surface area contributed by atoms with Gasteiger partial charge in [-0.25, -0.2) is 9.97 Å². The predicted molar refractivity (Wildman–Crippen MR) is 116 cm³/mol. The largest absolute Gasteiger partial charge is 0.417 e. The topological polar surface area (TPSA) is 46.1 Å². The van der Waals surface area contributed by atoms with Gasteiger partial charge in [-0.3, -0.25) is 4.79 Å². The zero-order valence-corrected chi connectivity index (χ0v) is 18.0. The molecule has 2 aromatic carbocycles. The minimum absolute atomic E-state index is 0.0806. The van der Waals surface area contributed by atoms with Gasteiger partial charge in [-0.15, -0.1) is 0 Å². The molecule has 4 nitrogen and oxygen atoms in total. The Morgan fingerprint density at radius 2 is 1.88 bits per heavy atom. The van der Waals surface area contributed by atoms with Crippen molar-refractivity contribution in [2.24, 2.45) is 0 Å². The van der Waals surface area contributed by atoms with Gasteiger partial charge < -0.3 is 4.90 Å². The first kappa shape index (κ1) is 22.0. The highest BCUT2D eigenvalue weighted by Gasteiger charge is 2.37. The molecule has 2 heterocycles. The Morgan fingerprint density at radius 3 is 2.62 bits per heavy atom. The van der Waals surface area contributed by atoms with Crippen LogP contribution in [-0.4, -0.2) is 33.9 Å². The number of aryl methyl sites for hydroxylation is 2. The number of rotatable bonds is 3. The highest BCUT2D eigenvalue weighted by molar-refractivity contribution is 5.96. The maximum Gasteiger partial charge on any atom is 0.417 e. The summed E-state index contributed by atoms with van der Waals surface area (Å²) in [7, 11) is 0. The number of hydrogen-bond acceptors (Lipinski definition) is 3. The molecule has 32 heavy (non-hydrogen) atoms. The van der Waals surface area contributed by atoms with Gasteiger partial charge in [0.2, 0.25) is 0 Å². The molecule has 1 aliphatic heterocycles. The second-order valence-corrected chi connectivity index (χ2v) is 8.22. The fourth-order valence-corrected chi connectivity index (χ4v) is 4.31. The van der Waals surface area contributed by atoms with Crippen LogP contribution >= 0.6 is 0 Å². The number of carbonyl (C=O) groups is 1. The van der Waals surface area contributed by atoms with E-state index in [0.717, 1.165) is 34.9 Å². The first-order valence-corrected chi connectivity index (χ1v) is 10.6. The minimum Gasteiger partial charge on any atom is -0.338 e. The highest BCUT2D eigenvalue weighted by Crippen LogP contribution is 2.36. The van der Waals surface area contributed by atoms with Gasteiger partial charge in [0.1, 0.15) is 5.82 Å². The molecule has 1 aliphatic rings. The van der Waals surface area contributed by atoms with E-state index in [9.17, 15) is 18.0 Å². The van der Waals surface area contributed by atoms with E-state index in [0.29, 0.717) is 25.3 Å². The lowest BCUT2D eigenvalue weighted by atomic mass is 9.89.